The predicted octanol–water partition coefficient (Wildman–Crippen LogP) is 4.22. The molecule has 6 heteroatoms. The molecule has 3 aromatic rings. The second-order valence-corrected chi connectivity index (χ2v) is 8.06. The van der Waals surface area contributed by atoms with E-state index in [2.05, 4.69) is 10.1 Å². The molecule has 1 aliphatic carbocycles. The van der Waals surface area contributed by atoms with Gasteiger partial charge in [-0.3, -0.25) is 4.79 Å². The molecular formula is C23H24N4O2. The third-order valence-corrected chi connectivity index (χ3v) is 5.86. The van der Waals surface area contributed by atoms with E-state index in [1.807, 2.05) is 54.4 Å². The Morgan fingerprint density at radius 2 is 1.86 bits per heavy atom. The van der Waals surface area contributed by atoms with Crippen LogP contribution in [0.15, 0.2) is 47.1 Å². The van der Waals surface area contributed by atoms with Crippen molar-refractivity contribution in [2.24, 2.45) is 5.92 Å². The molecule has 0 N–H and O–H groups in total. The molecule has 2 fully saturated rings. The van der Waals surface area contributed by atoms with Gasteiger partial charge >= 0.3 is 0 Å². The molecule has 0 radical (unpaired) electrons. The summed E-state index contributed by atoms with van der Waals surface area (Å²) in [5.41, 5.74) is 3.73. The lowest BCUT2D eigenvalue weighted by molar-refractivity contribution is -0.133. The molecule has 1 amide bonds. The lowest BCUT2D eigenvalue weighted by Gasteiger charge is -2.32. The lowest BCUT2D eigenvalue weighted by atomic mass is 9.90. The van der Waals surface area contributed by atoms with Crippen molar-refractivity contribution in [1.29, 1.82) is 0 Å². The van der Waals surface area contributed by atoms with Crippen molar-refractivity contribution in [2.45, 2.75) is 38.5 Å². The Bertz CT molecular complexity index is 1020. The van der Waals surface area contributed by atoms with Gasteiger partial charge in [0.2, 0.25) is 5.91 Å². The standard InChI is InChI=1S/C23H24N4O2/c1-15-13-20(29-26-15)19-14-24-22(17-5-3-2-4-6-17)25-21(19)16-9-11-27(12-10-16)23(28)18-7-8-18/h2-6,13-14,16,18H,7-12H2,1H3. The van der Waals surface area contributed by atoms with E-state index in [0.29, 0.717) is 11.7 Å². The average molecular weight is 388 g/mol. The first-order valence-corrected chi connectivity index (χ1v) is 10.3. The van der Waals surface area contributed by atoms with Crippen LogP contribution in [0.2, 0.25) is 0 Å². The SMILES string of the molecule is Cc1cc(-c2cnc(-c3ccccc3)nc2C2CCN(C(=O)C3CC3)CC2)on1. The summed E-state index contributed by atoms with van der Waals surface area (Å²) in [7, 11) is 0. The van der Waals surface area contributed by atoms with Crippen molar-refractivity contribution < 1.29 is 9.32 Å². The number of likely N-dealkylation sites (tertiary alicyclic amines) is 1. The summed E-state index contributed by atoms with van der Waals surface area (Å²) in [5.74, 6) is 2.31. The largest absolute Gasteiger partial charge is 0.356 e. The number of carbonyl (C=O) groups is 1. The Morgan fingerprint density at radius 3 is 2.52 bits per heavy atom. The summed E-state index contributed by atoms with van der Waals surface area (Å²) in [5, 5.41) is 4.04. The Morgan fingerprint density at radius 1 is 1.10 bits per heavy atom. The van der Waals surface area contributed by atoms with Crippen molar-refractivity contribution in [3.63, 3.8) is 0 Å². The van der Waals surface area contributed by atoms with Crippen LogP contribution < -0.4 is 0 Å². The molecule has 148 valence electrons. The summed E-state index contributed by atoms with van der Waals surface area (Å²) in [6.45, 7) is 3.49. The molecule has 1 saturated heterocycles. The van der Waals surface area contributed by atoms with E-state index >= 15 is 0 Å². The van der Waals surface area contributed by atoms with Gasteiger partial charge in [-0.1, -0.05) is 35.5 Å². The highest BCUT2D eigenvalue weighted by molar-refractivity contribution is 5.81. The van der Waals surface area contributed by atoms with E-state index in [1.165, 1.54) is 0 Å². The van der Waals surface area contributed by atoms with Gasteiger partial charge in [-0.2, -0.15) is 0 Å². The van der Waals surface area contributed by atoms with Crippen LogP contribution in [0.4, 0.5) is 0 Å². The fraction of sp³-hybridized carbons (Fsp3) is 0.391. The molecule has 6 nitrogen and oxygen atoms in total. The van der Waals surface area contributed by atoms with Gasteiger partial charge < -0.3 is 9.42 Å². The second kappa shape index (κ2) is 7.43. The highest BCUT2D eigenvalue weighted by Gasteiger charge is 2.36. The monoisotopic (exact) mass is 388 g/mol. The first-order valence-electron chi connectivity index (χ1n) is 10.3. The zero-order chi connectivity index (χ0) is 19.8. The molecule has 0 spiro atoms. The van der Waals surface area contributed by atoms with Crippen LogP contribution in [-0.4, -0.2) is 39.0 Å². The molecule has 3 heterocycles. The average Bonchev–Trinajstić information content (AvgIpc) is 3.54. The molecule has 2 aromatic heterocycles. The third kappa shape index (κ3) is 3.67. The van der Waals surface area contributed by atoms with E-state index in [9.17, 15) is 4.79 Å². The highest BCUT2D eigenvalue weighted by Crippen LogP contribution is 2.37. The van der Waals surface area contributed by atoms with Gasteiger partial charge in [-0.25, -0.2) is 9.97 Å². The number of hydrogen-bond donors (Lipinski definition) is 0. The maximum Gasteiger partial charge on any atom is 0.225 e. The van der Waals surface area contributed by atoms with Crippen LogP contribution in [0.25, 0.3) is 22.7 Å². The van der Waals surface area contributed by atoms with Crippen molar-refractivity contribution in [1.82, 2.24) is 20.0 Å². The van der Waals surface area contributed by atoms with Gasteiger partial charge in [0.05, 0.1) is 17.0 Å². The van der Waals surface area contributed by atoms with Gasteiger partial charge in [0.25, 0.3) is 0 Å². The normalized spacial score (nSPS) is 17.5. The number of hydrogen-bond acceptors (Lipinski definition) is 5. The van der Waals surface area contributed by atoms with Crippen LogP contribution in [-0.2, 0) is 4.79 Å². The summed E-state index contributed by atoms with van der Waals surface area (Å²) >= 11 is 0. The lowest BCUT2D eigenvalue weighted by Crippen LogP contribution is -2.39. The molecular weight excluding hydrogens is 364 g/mol. The van der Waals surface area contributed by atoms with E-state index < -0.39 is 0 Å². The number of amides is 1. The molecule has 0 atom stereocenters. The molecule has 1 aromatic carbocycles. The van der Waals surface area contributed by atoms with Crippen molar-refractivity contribution in [3.05, 3.63) is 54.0 Å². The summed E-state index contributed by atoms with van der Waals surface area (Å²) in [6, 6.07) is 11.9. The second-order valence-electron chi connectivity index (χ2n) is 8.06. The first-order chi connectivity index (χ1) is 14.2. The third-order valence-electron chi connectivity index (χ3n) is 5.86. The summed E-state index contributed by atoms with van der Waals surface area (Å²) in [6.07, 6.45) is 5.78. The number of nitrogens with zero attached hydrogens (tertiary/aromatic N) is 4. The van der Waals surface area contributed by atoms with Gasteiger partial charge in [0, 0.05) is 42.8 Å². The van der Waals surface area contributed by atoms with Crippen LogP contribution in [0.3, 0.4) is 0 Å². The number of piperidine rings is 1. The van der Waals surface area contributed by atoms with Gasteiger partial charge in [0.15, 0.2) is 11.6 Å². The zero-order valence-corrected chi connectivity index (χ0v) is 16.5. The molecule has 0 bridgehead atoms. The topological polar surface area (TPSA) is 72.1 Å². The summed E-state index contributed by atoms with van der Waals surface area (Å²) < 4.78 is 5.53. The minimum atomic E-state index is 0.268. The van der Waals surface area contributed by atoms with E-state index in [1.54, 1.807) is 0 Å². The number of benzene rings is 1. The molecule has 2 aliphatic rings. The highest BCUT2D eigenvalue weighted by atomic mass is 16.5. The predicted molar refractivity (Wildman–Crippen MR) is 109 cm³/mol. The van der Waals surface area contributed by atoms with Crippen LogP contribution >= 0.6 is 0 Å². The van der Waals surface area contributed by atoms with Crippen molar-refractivity contribution in [2.75, 3.05) is 13.1 Å². The Balaban J connectivity index is 1.46. The fourth-order valence-electron chi connectivity index (χ4n) is 4.07. The van der Waals surface area contributed by atoms with E-state index in [-0.39, 0.29) is 11.8 Å². The smallest absolute Gasteiger partial charge is 0.225 e. The minimum absolute atomic E-state index is 0.268. The molecule has 0 unspecified atom stereocenters. The summed E-state index contributed by atoms with van der Waals surface area (Å²) in [4.78, 5) is 24.0. The quantitative estimate of drug-likeness (QED) is 0.669. The van der Waals surface area contributed by atoms with Crippen molar-refractivity contribution in [3.8, 4) is 22.7 Å². The Kier molecular flexibility index (Phi) is 4.62. The van der Waals surface area contributed by atoms with Crippen LogP contribution in [0, 0.1) is 12.8 Å². The minimum Gasteiger partial charge on any atom is -0.356 e. The van der Waals surface area contributed by atoms with E-state index in [0.717, 1.165) is 67.1 Å². The van der Waals surface area contributed by atoms with Crippen LogP contribution in [0.5, 0.6) is 0 Å². The maximum absolute atomic E-state index is 12.4. The Labute approximate surface area is 170 Å². The maximum atomic E-state index is 12.4. The molecule has 1 saturated carbocycles. The molecule has 1 aliphatic heterocycles. The van der Waals surface area contributed by atoms with Crippen molar-refractivity contribution >= 4 is 5.91 Å². The van der Waals surface area contributed by atoms with E-state index in [4.69, 9.17) is 9.51 Å². The molecule has 29 heavy (non-hydrogen) atoms. The van der Waals surface area contributed by atoms with Gasteiger partial charge in [-0.15, -0.1) is 0 Å². The number of rotatable bonds is 4. The van der Waals surface area contributed by atoms with Gasteiger partial charge in [0.1, 0.15) is 0 Å². The number of carbonyl (C=O) groups excluding carboxylic acids is 1. The fourth-order valence-corrected chi connectivity index (χ4v) is 4.07. The van der Waals surface area contributed by atoms with Gasteiger partial charge in [-0.05, 0) is 32.6 Å². The molecule has 5 rings (SSSR count). The number of aryl methyl sites for hydroxylation is 1. The number of aromatic nitrogens is 3. The first kappa shape index (κ1) is 18.0. The van der Waals surface area contributed by atoms with Crippen LogP contribution in [0.1, 0.15) is 43.0 Å². The zero-order valence-electron chi connectivity index (χ0n) is 16.5. The Hall–Kier alpha value is -3.02.